The molecule has 0 aliphatic heterocycles. The average Bonchev–Trinajstić information content (AvgIpc) is 3.49. The molecule has 0 radical (unpaired) electrons. The second-order valence-electron chi connectivity index (χ2n) is 22.0. The second-order valence-corrected chi connectivity index (χ2v) is 22.0. The molecular weight excluding hydrogens is 1020 g/mol. The lowest BCUT2D eigenvalue weighted by molar-refractivity contribution is -0.167. The van der Waals surface area contributed by atoms with E-state index in [0.717, 1.165) is 128 Å². The minimum Gasteiger partial charge on any atom is -0.462 e. The molecule has 468 valence electrons. The van der Waals surface area contributed by atoms with Crippen LogP contribution in [0.15, 0.2) is 158 Å². The third kappa shape index (κ3) is 67.7. The molecule has 1 atom stereocenters. The van der Waals surface area contributed by atoms with Gasteiger partial charge in [-0.1, -0.05) is 307 Å². The predicted molar refractivity (Wildman–Crippen MR) is 362 cm³/mol. The molecule has 0 aliphatic carbocycles. The Morgan fingerprint density at radius 2 is 0.482 bits per heavy atom. The molecule has 0 bridgehead atoms. The fourth-order valence-electron chi connectivity index (χ4n) is 9.02. The molecule has 0 N–H and O–H groups in total. The monoisotopic (exact) mass is 1140 g/mol. The molecule has 0 saturated carbocycles. The van der Waals surface area contributed by atoms with Crippen molar-refractivity contribution >= 4 is 17.9 Å². The molecule has 0 fully saturated rings. The van der Waals surface area contributed by atoms with Gasteiger partial charge in [0.1, 0.15) is 13.2 Å². The zero-order valence-electron chi connectivity index (χ0n) is 53.7. The van der Waals surface area contributed by atoms with Crippen LogP contribution in [0.5, 0.6) is 0 Å². The van der Waals surface area contributed by atoms with Gasteiger partial charge in [0.05, 0.1) is 0 Å². The Morgan fingerprint density at radius 1 is 0.253 bits per heavy atom. The minimum absolute atomic E-state index is 0.101. The molecular formula is C77H124O6. The van der Waals surface area contributed by atoms with E-state index in [1.807, 2.05) is 0 Å². The molecule has 0 aromatic heterocycles. The summed E-state index contributed by atoms with van der Waals surface area (Å²) in [5.41, 5.74) is 0. The van der Waals surface area contributed by atoms with Crippen LogP contribution in [0.25, 0.3) is 0 Å². The molecule has 0 spiro atoms. The van der Waals surface area contributed by atoms with E-state index in [-0.39, 0.29) is 37.5 Å². The van der Waals surface area contributed by atoms with Gasteiger partial charge in [0.2, 0.25) is 0 Å². The lowest BCUT2D eigenvalue weighted by atomic mass is 10.0. The van der Waals surface area contributed by atoms with E-state index in [9.17, 15) is 14.4 Å². The highest BCUT2D eigenvalue weighted by Crippen LogP contribution is 2.16. The van der Waals surface area contributed by atoms with Crippen LogP contribution in [0.1, 0.15) is 290 Å². The van der Waals surface area contributed by atoms with Crippen molar-refractivity contribution in [3.63, 3.8) is 0 Å². The highest BCUT2D eigenvalue weighted by atomic mass is 16.6. The lowest BCUT2D eigenvalue weighted by Gasteiger charge is -2.18. The van der Waals surface area contributed by atoms with Crippen molar-refractivity contribution in [2.75, 3.05) is 13.2 Å². The van der Waals surface area contributed by atoms with Gasteiger partial charge in [-0.05, 0) is 122 Å². The molecule has 0 rings (SSSR count). The normalized spacial score (nSPS) is 13.1. The number of ether oxygens (including phenoxy) is 3. The van der Waals surface area contributed by atoms with E-state index in [1.165, 1.54) is 116 Å². The van der Waals surface area contributed by atoms with Gasteiger partial charge in [0.25, 0.3) is 0 Å². The zero-order valence-corrected chi connectivity index (χ0v) is 53.7. The van der Waals surface area contributed by atoms with Gasteiger partial charge >= 0.3 is 17.9 Å². The summed E-state index contributed by atoms with van der Waals surface area (Å²) >= 11 is 0. The van der Waals surface area contributed by atoms with Crippen molar-refractivity contribution in [2.45, 2.75) is 297 Å². The average molecular weight is 1150 g/mol. The van der Waals surface area contributed by atoms with Crippen LogP contribution in [0.3, 0.4) is 0 Å². The van der Waals surface area contributed by atoms with Crippen molar-refractivity contribution in [3.8, 4) is 0 Å². The first kappa shape index (κ1) is 78.0. The highest BCUT2D eigenvalue weighted by Gasteiger charge is 2.19. The summed E-state index contributed by atoms with van der Waals surface area (Å²) in [5.74, 6) is -0.965. The predicted octanol–water partition coefficient (Wildman–Crippen LogP) is 23.7. The van der Waals surface area contributed by atoms with Crippen LogP contribution in [-0.2, 0) is 28.6 Å². The van der Waals surface area contributed by atoms with E-state index in [4.69, 9.17) is 14.2 Å². The topological polar surface area (TPSA) is 78.9 Å². The molecule has 6 heteroatoms. The maximum Gasteiger partial charge on any atom is 0.306 e. The smallest absolute Gasteiger partial charge is 0.306 e. The van der Waals surface area contributed by atoms with Gasteiger partial charge in [0, 0.05) is 19.3 Å². The van der Waals surface area contributed by atoms with Crippen LogP contribution in [-0.4, -0.2) is 37.2 Å². The van der Waals surface area contributed by atoms with Gasteiger partial charge in [-0.3, -0.25) is 14.4 Å². The maximum absolute atomic E-state index is 12.9. The Hall–Kier alpha value is -4.97. The van der Waals surface area contributed by atoms with E-state index < -0.39 is 6.10 Å². The first-order valence-electron chi connectivity index (χ1n) is 34.0. The Bertz CT molecular complexity index is 1840. The molecule has 6 nitrogen and oxygen atoms in total. The largest absolute Gasteiger partial charge is 0.462 e. The number of hydrogen-bond acceptors (Lipinski definition) is 6. The van der Waals surface area contributed by atoms with Crippen molar-refractivity contribution in [3.05, 3.63) is 158 Å². The summed E-state index contributed by atoms with van der Waals surface area (Å²) < 4.78 is 16.9. The molecule has 0 amide bonds. The Balaban J connectivity index is 4.45. The second kappa shape index (κ2) is 69.5. The quantitative estimate of drug-likeness (QED) is 0.0261. The van der Waals surface area contributed by atoms with Crippen molar-refractivity contribution < 1.29 is 28.6 Å². The number of carbonyl (C=O) groups is 3. The van der Waals surface area contributed by atoms with Gasteiger partial charge < -0.3 is 14.2 Å². The van der Waals surface area contributed by atoms with Gasteiger partial charge in [-0.25, -0.2) is 0 Å². The molecule has 0 saturated heterocycles. The van der Waals surface area contributed by atoms with Crippen LogP contribution in [0.4, 0.5) is 0 Å². The molecule has 0 aromatic carbocycles. The molecule has 0 aliphatic rings. The number of allylic oxidation sites excluding steroid dienone is 26. The third-order valence-electron chi connectivity index (χ3n) is 14.0. The van der Waals surface area contributed by atoms with Crippen molar-refractivity contribution in [1.29, 1.82) is 0 Å². The van der Waals surface area contributed by atoms with E-state index in [2.05, 4.69) is 179 Å². The van der Waals surface area contributed by atoms with Crippen LogP contribution in [0.2, 0.25) is 0 Å². The summed E-state index contributed by atoms with van der Waals surface area (Å²) in [6.07, 6.45) is 101. The summed E-state index contributed by atoms with van der Waals surface area (Å²) in [6.45, 7) is 6.37. The standard InChI is InChI=1S/C77H124O6/c1-4-7-10-13-16-19-22-25-27-29-31-33-35-36-37-38-39-40-42-43-45-47-49-52-55-58-61-64-67-70-76(79)82-73-74(72-81-75(78)69-66-63-60-57-54-51-24-21-18-15-12-9-6-3)83-77(80)71-68-65-62-59-56-53-50-48-46-44-41-34-32-30-28-26-23-20-17-14-11-8-5-2/h7-8,10-11,16-17,19-20,25-28,31-34,36-37,39-40,43,45,49,52,58,61,74H,4-6,9,12-15,18,21-24,29-30,35,38,41-42,44,46-48,50-51,53-57,59-60,62-73H2,1-3H3/b10-7-,11-8-,19-16-,20-17-,27-25-,28-26-,33-31-,34-32-,37-36-,40-39-,45-43-,52-49-,61-58-. The van der Waals surface area contributed by atoms with Gasteiger partial charge in [-0.2, -0.15) is 0 Å². The summed E-state index contributed by atoms with van der Waals surface area (Å²) in [4.78, 5) is 38.4. The Labute approximate surface area is 511 Å². The van der Waals surface area contributed by atoms with Crippen LogP contribution < -0.4 is 0 Å². The summed E-state index contributed by atoms with van der Waals surface area (Å²) in [7, 11) is 0. The number of unbranched alkanes of at least 4 members (excludes halogenated alkanes) is 23. The van der Waals surface area contributed by atoms with Gasteiger partial charge in [0.15, 0.2) is 6.10 Å². The zero-order chi connectivity index (χ0) is 59.9. The van der Waals surface area contributed by atoms with E-state index >= 15 is 0 Å². The number of carbonyl (C=O) groups excluding carboxylic acids is 3. The van der Waals surface area contributed by atoms with Gasteiger partial charge in [-0.15, -0.1) is 0 Å². The molecule has 0 aromatic rings. The first-order chi connectivity index (χ1) is 41.0. The highest BCUT2D eigenvalue weighted by molar-refractivity contribution is 5.71. The lowest BCUT2D eigenvalue weighted by Crippen LogP contribution is -2.30. The molecule has 83 heavy (non-hydrogen) atoms. The Morgan fingerprint density at radius 3 is 0.783 bits per heavy atom. The number of hydrogen-bond donors (Lipinski definition) is 0. The number of rotatable bonds is 60. The fourth-order valence-corrected chi connectivity index (χ4v) is 9.02. The SMILES string of the molecule is CC/C=C\C/C=C\C/C=C\C/C=C\C/C=C\C/C=C\C/C=C\C/C=C\C/C=C\CCCC(=O)OCC(COC(=O)CCCCCCCCCCCCCCC)OC(=O)CCCCCCCCCCCC/C=C\C/C=C\C/C=C\C/C=C\CC. The summed E-state index contributed by atoms with van der Waals surface area (Å²) in [6, 6.07) is 0. The summed E-state index contributed by atoms with van der Waals surface area (Å²) in [5, 5.41) is 0. The van der Waals surface area contributed by atoms with E-state index in [1.54, 1.807) is 0 Å². The first-order valence-corrected chi connectivity index (χ1v) is 34.0. The van der Waals surface area contributed by atoms with Crippen molar-refractivity contribution in [2.24, 2.45) is 0 Å². The Kier molecular flexibility index (Phi) is 65.4. The molecule has 1 unspecified atom stereocenters. The minimum atomic E-state index is -0.811. The maximum atomic E-state index is 12.9. The van der Waals surface area contributed by atoms with E-state index in [0.29, 0.717) is 19.3 Å². The molecule has 0 heterocycles. The van der Waals surface area contributed by atoms with Crippen LogP contribution >= 0.6 is 0 Å². The number of esters is 3. The van der Waals surface area contributed by atoms with Crippen LogP contribution in [0, 0.1) is 0 Å². The third-order valence-corrected chi connectivity index (χ3v) is 14.0. The van der Waals surface area contributed by atoms with Crippen molar-refractivity contribution in [1.82, 2.24) is 0 Å². The fraction of sp³-hybridized carbons (Fsp3) is 0.623.